The molecule has 0 N–H and O–H groups in total. The van der Waals surface area contributed by atoms with Crippen LogP contribution in [0.1, 0.15) is 43.5 Å². The highest BCUT2D eigenvalue weighted by Crippen LogP contribution is 2.33. The molecule has 1 aliphatic heterocycles. The molecule has 0 saturated carbocycles. The van der Waals surface area contributed by atoms with E-state index in [1.165, 1.54) is 16.8 Å². The average Bonchev–Trinajstić information content (AvgIpc) is 3.56. The van der Waals surface area contributed by atoms with Crippen LogP contribution in [-0.2, 0) is 26.2 Å². The molecule has 1 aromatic heterocycles. The maximum atomic E-state index is 5.96. The third kappa shape index (κ3) is 5.97. The molecule has 0 fully saturated rings. The van der Waals surface area contributed by atoms with Crippen LogP contribution in [0.2, 0.25) is 0 Å². The van der Waals surface area contributed by atoms with Crippen molar-refractivity contribution in [2.75, 3.05) is 13.4 Å². The van der Waals surface area contributed by atoms with Crippen molar-refractivity contribution >= 4 is 0 Å². The van der Waals surface area contributed by atoms with Crippen LogP contribution >= 0.6 is 0 Å². The predicted molar refractivity (Wildman–Crippen MR) is 146 cm³/mol. The van der Waals surface area contributed by atoms with E-state index in [0.29, 0.717) is 6.61 Å². The van der Waals surface area contributed by atoms with Gasteiger partial charge >= 0.3 is 0 Å². The maximum absolute atomic E-state index is 5.96. The third-order valence-electron chi connectivity index (χ3n) is 6.60. The molecule has 0 bridgehead atoms. The molecule has 5 rings (SSSR count). The van der Waals surface area contributed by atoms with E-state index in [-0.39, 0.29) is 6.79 Å². The van der Waals surface area contributed by atoms with Crippen LogP contribution in [0, 0.1) is 0 Å². The van der Waals surface area contributed by atoms with E-state index >= 15 is 0 Å². The molecule has 192 valence electrons. The lowest BCUT2D eigenvalue weighted by Crippen LogP contribution is -2.24. The molecule has 0 amide bonds. The summed E-state index contributed by atoms with van der Waals surface area (Å²) in [6.45, 7) is 8.41. The number of unbranched alkanes of at least 4 members (excludes halogenated alkanes) is 1. The van der Waals surface area contributed by atoms with Crippen molar-refractivity contribution in [3.05, 3.63) is 95.8 Å². The maximum Gasteiger partial charge on any atom is 0.231 e. The van der Waals surface area contributed by atoms with Gasteiger partial charge in [0.15, 0.2) is 11.5 Å². The van der Waals surface area contributed by atoms with E-state index in [1.54, 1.807) is 0 Å². The number of hydrogen-bond donors (Lipinski definition) is 0. The summed E-state index contributed by atoms with van der Waals surface area (Å²) in [5.74, 6) is 3.58. The Balaban J connectivity index is 1.46. The minimum atomic E-state index is 0.281. The van der Waals surface area contributed by atoms with Gasteiger partial charge in [0.2, 0.25) is 6.79 Å². The zero-order valence-corrected chi connectivity index (χ0v) is 21.7. The Morgan fingerprint density at radius 2 is 1.70 bits per heavy atom. The van der Waals surface area contributed by atoms with Gasteiger partial charge in [0, 0.05) is 37.3 Å². The van der Waals surface area contributed by atoms with Crippen molar-refractivity contribution in [1.29, 1.82) is 0 Å². The highest BCUT2D eigenvalue weighted by Gasteiger charge is 2.19. The highest BCUT2D eigenvalue weighted by molar-refractivity contribution is 5.56. The molecule has 6 nitrogen and oxygen atoms in total. The first-order valence-corrected chi connectivity index (χ1v) is 13.2. The SMILES string of the molecule is CCCCn1c(CN(Cc2ccc3c(c2)OCO3)Cc2ccccc2OCC)cnc1-c1ccccc1. The lowest BCUT2D eigenvalue weighted by molar-refractivity contribution is 0.174. The summed E-state index contributed by atoms with van der Waals surface area (Å²) in [5, 5.41) is 0. The van der Waals surface area contributed by atoms with Gasteiger partial charge in [0.1, 0.15) is 11.6 Å². The summed E-state index contributed by atoms with van der Waals surface area (Å²) in [6, 6.07) is 25.0. The van der Waals surface area contributed by atoms with Crippen molar-refractivity contribution < 1.29 is 14.2 Å². The van der Waals surface area contributed by atoms with Crippen LogP contribution in [0.15, 0.2) is 79.0 Å². The number of fused-ring (bicyclic) bond motifs is 1. The molecular formula is C31H35N3O3. The Morgan fingerprint density at radius 1 is 0.892 bits per heavy atom. The van der Waals surface area contributed by atoms with E-state index < -0.39 is 0 Å². The van der Waals surface area contributed by atoms with Crippen molar-refractivity contribution in [3.63, 3.8) is 0 Å². The lowest BCUT2D eigenvalue weighted by atomic mass is 10.1. The van der Waals surface area contributed by atoms with Gasteiger partial charge in [0.05, 0.1) is 18.5 Å². The standard InChI is InChI=1S/C31H35N3O3/c1-3-5-17-34-27(19-32-31(34)25-11-7-6-8-12-25)22-33(21-26-13-9-10-14-28(26)35-4-2)20-24-15-16-29-30(18-24)37-23-36-29/h6-16,18-19H,3-5,17,20-23H2,1-2H3. The van der Waals surface area contributed by atoms with Crippen LogP contribution < -0.4 is 14.2 Å². The van der Waals surface area contributed by atoms with E-state index in [2.05, 4.69) is 71.0 Å². The summed E-state index contributed by atoms with van der Waals surface area (Å²) in [5.41, 5.74) is 4.71. The number of para-hydroxylation sites is 1. The van der Waals surface area contributed by atoms with Crippen molar-refractivity contribution in [2.45, 2.75) is 52.9 Å². The first kappa shape index (κ1) is 24.9. The van der Waals surface area contributed by atoms with Gasteiger partial charge in [-0.25, -0.2) is 4.98 Å². The summed E-state index contributed by atoms with van der Waals surface area (Å²) >= 11 is 0. The minimum Gasteiger partial charge on any atom is -0.494 e. The molecule has 0 atom stereocenters. The van der Waals surface area contributed by atoms with Crippen molar-refractivity contribution in [1.82, 2.24) is 14.5 Å². The molecule has 0 aliphatic carbocycles. The zero-order chi connectivity index (χ0) is 25.5. The summed E-state index contributed by atoms with van der Waals surface area (Å²) in [7, 11) is 0. The Hall–Kier alpha value is -3.77. The Bertz CT molecular complexity index is 1300. The number of benzene rings is 3. The second-order valence-corrected chi connectivity index (χ2v) is 9.32. The molecule has 6 heteroatoms. The number of imidazole rings is 1. The molecule has 0 unspecified atom stereocenters. The van der Waals surface area contributed by atoms with Gasteiger partial charge < -0.3 is 18.8 Å². The second-order valence-electron chi connectivity index (χ2n) is 9.32. The summed E-state index contributed by atoms with van der Waals surface area (Å²) in [6.07, 6.45) is 4.28. The van der Waals surface area contributed by atoms with Gasteiger partial charge in [-0.05, 0) is 37.1 Å². The minimum absolute atomic E-state index is 0.281. The highest BCUT2D eigenvalue weighted by atomic mass is 16.7. The average molecular weight is 498 g/mol. The van der Waals surface area contributed by atoms with Gasteiger partial charge in [-0.2, -0.15) is 0 Å². The number of ether oxygens (including phenoxy) is 3. The van der Waals surface area contributed by atoms with Gasteiger partial charge in [-0.15, -0.1) is 0 Å². The largest absolute Gasteiger partial charge is 0.494 e. The van der Waals surface area contributed by atoms with Crippen LogP contribution in [0.3, 0.4) is 0 Å². The molecule has 1 aliphatic rings. The molecule has 0 saturated heterocycles. The molecule has 0 spiro atoms. The molecule has 4 aromatic rings. The van der Waals surface area contributed by atoms with E-state index in [9.17, 15) is 0 Å². The smallest absolute Gasteiger partial charge is 0.231 e. The first-order chi connectivity index (χ1) is 18.2. The Kier molecular flexibility index (Phi) is 8.06. The lowest BCUT2D eigenvalue weighted by Gasteiger charge is -2.25. The molecule has 3 aromatic carbocycles. The number of nitrogens with zero attached hydrogens (tertiary/aromatic N) is 3. The van der Waals surface area contributed by atoms with Crippen LogP contribution in [0.4, 0.5) is 0 Å². The van der Waals surface area contributed by atoms with Gasteiger partial charge in [-0.3, -0.25) is 4.90 Å². The fourth-order valence-corrected chi connectivity index (χ4v) is 4.79. The van der Waals surface area contributed by atoms with Gasteiger partial charge in [-0.1, -0.05) is 67.9 Å². The van der Waals surface area contributed by atoms with Gasteiger partial charge in [0.25, 0.3) is 0 Å². The van der Waals surface area contributed by atoms with Crippen LogP contribution in [-0.4, -0.2) is 27.9 Å². The van der Waals surface area contributed by atoms with E-state index in [4.69, 9.17) is 19.2 Å². The third-order valence-corrected chi connectivity index (χ3v) is 6.60. The predicted octanol–water partition coefficient (Wildman–Crippen LogP) is 6.68. The monoisotopic (exact) mass is 497 g/mol. The van der Waals surface area contributed by atoms with E-state index in [1.807, 2.05) is 31.3 Å². The Labute approximate surface area is 219 Å². The summed E-state index contributed by atoms with van der Waals surface area (Å²) < 4.78 is 19.5. The fraction of sp³-hybridized carbons (Fsp3) is 0.323. The Morgan fingerprint density at radius 3 is 2.54 bits per heavy atom. The molecule has 2 heterocycles. The quantitative estimate of drug-likeness (QED) is 0.218. The van der Waals surface area contributed by atoms with Crippen molar-refractivity contribution in [3.8, 4) is 28.6 Å². The number of hydrogen-bond acceptors (Lipinski definition) is 5. The fourth-order valence-electron chi connectivity index (χ4n) is 4.79. The van der Waals surface area contributed by atoms with Crippen LogP contribution in [0.25, 0.3) is 11.4 Å². The molecule has 0 radical (unpaired) electrons. The first-order valence-electron chi connectivity index (χ1n) is 13.2. The van der Waals surface area contributed by atoms with Crippen LogP contribution in [0.5, 0.6) is 17.2 Å². The molecular weight excluding hydrogens is 462 g/mol. The van der Waals surface area contributed by atoms with E-state index in [0.717, 1.165) is 67.7 Å². The van der Waals surface area contributed by atoms with Crippen molar-refractivity contribution in [2.24, 2.45) is 0 Å². The molecule has 37 heavy (non-hydrogen) atoms. The second kappa shape index (κ2) is 12.0. The summed E-state index contributed by atoms with van der Waals surface area (Å²) in [4.78, 5) is 7.32. The number of aromatic nitrogens is 2. The normalized spacial score (nSPS) is 12.3. The topological polar surface area (TPSA) is 48.8 Å². The number of rotatable bonds is 12. The zero-order valence-electron chi connectivity index (χ0n) is 21.7.